The molecule has 0 aliphatic carbocycles. The van der Waals surface area contributed by atoms with Gasteiger partial charge in [0.05, 0.1) is 18.7 Å². The zero-order chi connectivity index (χ0) is 18.7. The molecule has 0 aromatic heterocycles. The van der Waals surface area contributed by atoms with Crippen molar-refractivity contribution in [1.29, 1.82) is 0 Å². The Morgan fingerprint density at radius 2 is 2.12 bits per heavy atom. The topological polar surface area (TPSA) is 56.8 Å². The average molecular weight is 396 g/mol. The van der Waals surface area contributed by atoms with Gasteiger partial charge in [-0.25, -0.2) is 0 Å². The highest BCUT2D eigenvalue weighted by Crippen LogP contribution is 2.36. The highest BCUT2D eigenvalue weighted by molar-refractivity contribution is 6.32. The lowest BCUT2D eigenvalue weighted by molar-refractivity contribution is -0.127. The van der Waals surface area contributed by atoms with E-state index in [1.165, 1.54) is 0 Å². The first-order chi connectivity index (χ1) is 12.5. The molecule has 3 rings (SSSR count). The van der Waals surface area contributed by atoms with Gasteiger partial charge in [-0.3, -0.25) is 4.79 Å². The van der Waals surface area contributed by atoms with Crippen molar-refractivity contribution in [1.82, 2.24) is 5.32 Å². The van der Waals surface area contributed by atoms with Crippen molar-refractivity contribution >= 4 is 29.1 Å². The van der Waals surface area contributed by atoms with Crippen LogP contribution in [0.2, 0.25) is 10.0 Å². The Hall–Kier alpha value is -2.11. The molecule has 0 saturated heterocycles. The van der Waals surface area contributed by atoms with Crippen LogP contribution in [0.3, 0.4) is 0 Å². The zero-order valence-corrected chi connectivity index (χ0v) is 16.0. The Balaban J connectivity index is 1.64. The number of halogens is 2. The van der Waals surface area contributed by atoms with Crippen molar-refractivity contribution in [3.8, 4) is 17.2 Å². The van der Waals surface area contributed by atoms with Gasteiger partial charge in [0.15, 0.2) is 17.6 Å². The van der Waals surface area contributed by atoms with Gasteiger partial charge in [0.25, 0.3) is 5.91 Å². The standard InChI is InChI=1S/C19H19Cl2NO4/c1-3-25-18-14(21)6-11(7-16(18)24-2)10-22-19(23)17-9-12-8-13(20)4-5-15(12)26-17/h4-8,17H,3,9-10H2,1-2H3,(H,22,23). The third-order valence-corrected chi connectivity index (χ3v) is 4.55. The third-order valence-electron chi connectivity index (χ3n) is 4.03. The zero-order valence-electron chi connectivity index (χ0n) is 14.5. The number of ether oxygens (including phenoxy) is 3. The van der Waals surface area contributed by atoms with E-state index in [2.05, 4.69) is 5.32 Å². The van der Waals surface area contributed by atoms with E-state index in [-0.39, 0.29) is 5.91 Å². The van der Waals surface area contributed by atoms with E-state index in [4.69, 9.17) is 37.4 Å². The Labute approximate surface area is 162 Å². The molecule has 1 amide bonds. The van der Waals surface area contributed by atoms with Crippen molar-refractivity contribution < 1.29 is 19.0 Å². The Morgan fingerprint density at radius 3 is 2.85 bits per heavy atom. The van der Waals surface area contributed by atoms with Gasteiger partial charge in [-0.1, -0.05) is 23.2 Å². The summed E-state index contributed by atoms with van der Waals surface area (Å²) < 4.78 is 16.5. The molecule has 1 heterocycles. The fourth-order valence-corrected chi connectivity index (χ4v) is 3.31. The van der Waals surface area contributed by atoms with Crippen molar-refractivity contribution in [3.63, 3.8) is 0 Å². The maximum absolute atomic E-state index is 12.4. The summed E-state index contributed by atoms with van der Waals surface area (Å²) in [6.45, 7) is 2.66. The Bertz CT molecular complexity index is 825. The second kappa shape index (κ2) is 8.06. The number of hydrogen-bond acceptors (Lipinski definition) is 4. The molecular weight excluding hydrogens is 377 g/mol. The van der Waals surface area contributed by atoms with Gasteiger partial charge in [0.1, 0.15) is 5.75 Å². The SMILES string of the molecule is CCOc1c(Cl)cc(CNC(=O)C2Cc3cc(Cl)ccc3O2)cc1OC. The van der Waals surface area contributed by atoms with Gasteiger partial charge in [-0.15, -0.1) is 0 Å². The van der Waals surface area contributed by atoms with Crippen LogP contribution in [0.1, 0.15) is 18.1 Å². The molecule has 5 nitrogen and oxygen atoms in total. The first-order valence-corrected chi connectivity index (χ1v) is 8.99. The van der Waals surface area contributed by atoms with E-state index in [9.17, 15) is 4.79 Å². The molecule has 0 fully saturated rings. The van der Waals surface area contributed by atoms with Crippen LogP contribution in [0.5, 0.6) is 17.2 Å². The number of nitrogens with one attached hydrogen (secondary N) is 1. The summed E-state index contributed by atoms with van der Waals surface area (Å²) in [6.07, 6.45) is -0.0711. The Kier molecular flexibility index (Phi) is 5.79. The predicted octanol–water partition coefficient (Wildman–Crippen LogP) is 4.02. The van der Waals surface area contributed by atoms with Gasteiger partial charge >= 0.3 is 0 Å². The number of methoxy groups -OCH3 is 1. The molecule has 0 bridgehead atoms. The van der Waals surface area contributed by atoms with Crippen molar-refractivity contribution in [3.05, 3.63) is 51.5 Å². The van der Waals surface area contributed by atoms with Crippen LogP contribution in [0, 0.1) is 0 Å². The largest absolute Gasteiger partial charge is 0.493 e. The number of carbonyl (C=O) groups is 1. The lowest BCUT2D eigenvalue weighted by atomic mass is 10.1. The molecule has 138 valence electrons. The van der Waals surface area contributed by atoms with Crippen molar-refractivity contribution in [2.75, 3.05) is 13.7 Å². The molecule has 2 aromatic rings. The summed E-state index contributed by atoms with van der Waals surface area (Å²) in [5.74, 6) is 1.53. The van der Waals surface area contributed by atoms with Gasteiger partial charge in [0, 0.05) is 18.0 Å². The molecule has 7 heteroatoms. The molecule has 0 spiro atoms. The summed E-state index contributed by atoms with van der Waals surface area (Å²) in [5.41, 5.74) is 1.74. The molecule has 26 heavy (non-hydrogen) atoms. The lowest BCUT2D eigenvalue weighted by Gasteiger charge is -2.15. The van der Waals surface area contributed by atoms with Crippen LogP contribution in [0.25, 0.3) is 0 Å². The van der Waals surface area contributed by atoms with Crippen molar-refractivity contribution in [2.24, 2.45) is 0 Å². The van der Waals surface area contributed by atoms with E-state index in [1.807, 2.05) is 13.0 Å². The summed E-state index contributed by atoms with van der Waals surface area (Å²) in [7, 11) is 1.55. The highest BCUT2D eigenvalue weighted by Gasteiger charge is 2.29. The summed E-state index contributed by atoms with van der Waals surface area (Å²) >= 11 is 12.2. The fraction of sp³-hybridized carbons (Fsp3) is 0.316. The maximum atomic E-state index is 12.4. The monoisotopic (exact) mass is 395 g/mol. The molecule has 2 aromatic carbocycles. The van der Waals surface area contributed by atoms with E-state index in [0.29, 0.717) is 46.9 Å². The number of amides is 1. The minimum absolute atomic E-state index is 0.193. The van der Waals surface area contributed by atoms with Crippen LogP contribution in [0.4, 0.5) is 0 Å². The molecule has 1 aliphatic rings. The molecule has 1 unspecified atom stereocenters. The smallest absolute Gasteiger partial charge is 0.261 e. The quantitative estimate of drug-likeness (QED) is 0.802. The van der Waals surface area contributed by atoms with Crippen LogP contribution >= 0.6 is 23.2 Å². The first-order valence-electron chi connectivity index (χ1n) is 8.23. The van der Waals surface area contributed by atoms with E-state index >= 15 is 0 Å². The minimum atomic E-state index is -0.566. The number of hydrogen-bond donors (Lipinski definition) is 1. The molecule has 1 atom stereocenters. The predicted molar refractivity (Wildman–Crippen MR) is 101 cm³/mol. The lowest BCUT2D eigenvalue weighted by Crippen LogP contribution is -2.37. The summed E-state index contributed by atoms with van der Waals surface area (Å²) in [6, 6.07) is 8.89. The number of benzene rings is 2. The molecule has 0 saturated carbocycles. The maximum Gasteiger partial charge on any atom is 0.261 e. The first kappa shape index (κ1) is 18.7. The Morgan fingerprint density at radius 1 is 1.31 bits per heavy atom. The normalized spacial score (nSPS) is 15.2. The summed E-state index contributed by atoms with van der Waals surface area (Å²) in [5, 5.41) is 3.94. The molecule has 0 radical (unpaired) electrons. The van der Waals surface area contributed by atoms with Crippen molar-refractivity contribution in [2.45, 2.75) is 26.0 Å². The molecular formula is C19H19Cl2NO4. The second-order valence-corrected chi connectivity index (χ2v) is 6.67. The van der Waals surface area contributed by atoms with Crippen LogP contribution < -0.4 is 19.5 Å². The fourth-order valence-electron chi connectivity index (χ4n) is 2.83. The van der Waals surface area contributed by atoms with Gasteiger partial charge in [-0.05, 0) is 48.4 Å². The minimum Gasteiger partial charge on any atom is -0.493 e. The number of carbonyl (C=O) groups excluding carboxylic acids is 1. The summed E-state index contributed by atoms with van der Waals surface area (Å²) in [4.78, 5) is 12.4. The second-order valence-electron chi connectivity index (χ2n) is 5.82. The molecule has 1 N–H and O–H groups in total. The van der Waals surface area contributed by atoms with Crippen LogP contribution in [-0.4, -0.2) is 25.7 Å². The average Bonchev–Trinajstić information content (AvgIpc) is 3.04. The third kappa shape index (κ3) is 4.00. The molecule has 1 aliphatic heterocycles. The number of fused-ring (bicyclic) bond motifs is 1. The van der Waals surface area contributed by atoms with Crippen LogP contribution in [-0.2, 0) is 17.8 Å². The number of rotatable bonds is 6. The van der Waals surface area contributed by atoms with Gasteiger partial charge < -0.3 is 19.5 Å². The van der Waals surface area contributed by atoms with E-state index in [1.54, 1.807) is 31.4 Å². The highest BCUT2D eigenvalue weighted by atomic mass is 35.5. The van der Waals surface area contributed by atoms with Gasteiger partial charge in [0.2, 0.25) is 0 Å². The van der Waals surface area contributed by atoms with E-state index in [0.717, 1.165) is 11.1 Å². The van der Waals surface area contributed by atoms with E-state index < -0.39 is 6.10 Å². The van der Waals surface area contributed by atoms with Crippen LogP contribution in [0.15, 0.2) is 30.3 Å². The van der Waals surface area contributed by atoms with Gasteiger partial charge in [-0.2, -0.15) is 0 Å².